The van der Waals surface area contributed by atoms with Crippen LogP contribution < -0.4 is 0 Å². The number of halogens is 2. The standard InChI is InChI=1S/C23H26F2/c1-3-4-5-17-8-12-20(22(24)14-17)21-13-11-19(15-23(21)25)18-9-6-16(2)7-10-18/h3,8,11-16,18H,1,4-7,9-10H2,2H3. The summed E-state index contributed by atoms with van der Waals surface area (Å²) in [5, 5.41) is 0. The molecule has 0 radical (unpaired) electrons. The molecule has 1 aliphatic rings. The second-order valence-electron chi connectivity index (χ2n) is 7.34. The smallest absolute Gasteiger partial charge is 0.131 e. The summed E-state index contributed by atoms with van der Waals surface area (Å²) >= 11 is 0. The molecule has 1 aliphatic carbocycles. The van der Waals surface area contributed by atoms with Crippen molar-refractivity contribution in [1.82, 2.24) is 0 Å². The molecule has 0 unspecified atom stereocenters. The first-order valence-corrected chi connectivity index (χ1v) is 9.27. The quantitative estimate of drug-likeness (QED) is 0.512. The molecule has 3 rings (SSSR count). The summed E-state index contributed by atoms with van der Waals surface area (Å²) in [6, 6.07) is 10.4. The fraction of sp³-hybridized carbons (Fsp3) is 0.391. The third kappa shape index (κ3) is 4.18. The third-order valence-electron chi connectivity index (χ3n) is 5.44. The molecule has 0 aromatic heterocycles. The van der Waals surface area contributed by atoms with Crippen LogP contribution >= 0.6 is 0 Å². The minimum atomic E-state index is -0.361. The summed E-state index contributed by atoms with van der Waals surface area (Å²) in [6.07, 6.45) is 8.02. The molecule has 0 N–H and O–H groups in total. The Kier molecular flexibility index (Phi) is 5.67. The highest BCUT2D eigenvalue weighted by Crippen LogP contribution is 2.37. The number of aryl methyl sites for hydroxylation is 1. The van der Waals surface area contributed by atoms with E-state index in [2.05, 4.69) is 13.5 Å². The lowest BCUT2D eigenvalue weighted by atomic mass is 9.79. The second-order valence-corrected chi connectivity index (χ2v) is 7.34. The summed E-state index contributed by atoms with van der Waals surface area (Å²) in [7, 11) is 0. The second kappa shape index (κ2) is 7.95. The maximum atomic E-state index is 14.7. The Morgan fingerprint density at radius 3 is 2.20 bits per heavy atom. The zero-order valence-corrected chi connectivity index (χ0v) is 14.9. The summed E-state index contributed by atoms with van der Waals surface area (Å²) in [4.78, 5) is 0. The van der Waals surface area contributed by atoms with Crippen LogP contribution in [0, 0.1) is 17.6 Å². The van der Waals surface area contributed by atoms with E-state index in [0.29, 0.717) is 17.0 Å². The minimum Gasteiger partial charge on any atom is -0.206 e. The third-order valence-corrected chi connectivity index (χ3v) is 5.44. The Balaban J connectivity index is 1.82. The van der Waals surface area contributed by atoms with E-state index in [1.165, 1.54) is 18.9 Å². The van der Waals surface area contributed by atoms with Crippen molar-refractivity contribution in [2.24, 2.45) is 5.92 Å². The van der Waals surface area contributed by atoms with Crippen molar-refractivity contribution in [2.75, 3.05) is 0 Å². The molecule has 0 saturated heterocycles. The first-order valence-electron chi connectivity index (χ1n) is 9.27. The number of benzene rings is 2. The van der Waals surface area contributed by atoms with Crippen LogP contribution in [-0.2, 0) is 6.42 Å². The molecule has 0 atom stereocenters. The summed E-state index contributed by atoms with van der Waals surface area (Å²) < 4.78 is 29.1. The molecule has 2 aromatic rings. The lowest BCUT2D eigenvalue weighted by Crippen LogP contribution is -2.11. The van der Waals surface area contributed by atoms with Crippen molar-refractivity contribution < 1.29 is 8.78 Å². The van der Waals surface area contributed by atoms with Gasteiger partial charge in [-0.1, -0.05) is 50.1 Å². The zero-order valence-electron chi connectivity index (χ0n) is 14.9. The Labute approximate surface area is 149 Å². The van der Waals surface area contributed by atoms with Crippen molar-refractivity contribution >= 4 is 0 Å². The predicted octanol–water partition coefficient (Wildman–Crippen LogP) is 7.04. The van der Waals surface area contributed by atoms with Gasteiger partial charge in [0.2, 0.25) is 0 Å². The molecule has 0 aliphatic heterocycles. The van der Waals surface area contributed by atoms with Gasteiger partial charge >= 0.3 is 0 Å². The highest BCUT2D eigenvalue weighted by molar-refractivity contribution is 5.65. The van der Waals surface area contributed by atoms with E-state index < -0.39 is 0 Å². The van der Waals surface area contributed by atoms with Crippen molar-refractivity contribution in [2.45, 2.75) is 51.4 Å². The van der Waals surface area contributed by atoms with Crippen LogP contribution in [0.1, 0.15) is 56.1 Å². The molecular weight excluding hydrogens is 314 g/mol. The van der Waals surface area contributed by atoms with Crippen LogP contribution in [0.4, 0.5) is 8.78 Å². The van der Waals surface area contributed by atoms with Crippen LogP contribution in [0.2, 0.25) is 0 Å². The van der Waals surface area contributed by atoms with E-state index in [0.717, 1.165) is 42.7 Å². The summed E-state index contributed by atoms with van der Waals surface area (Å²) in [5.74, 6) is 0.522. The van der Waals surface area contributed by atoms with Gasteiger partial charge in [0, 0.05) is 11.1 Å². The van der Waals surface area contributed by atoms with Crippen LogP contribution in [0.3, 0.4) is 0 Å². The maximum Gasteiger partial charge on any atom is 0.131 e. The van der Waals surface area contributed by atoms with Crippen LogP contribution in [0.25, 0.3) is 11.1 Å². The Morgan fingerprint density at radius 2 is 1.60 bits per heavy atom. The Morgan fingerprint density at radius 1 is 0.960 bits per heavy atom. The summed E-state index contributed by atoms with van der Waals surface area (Å²) in [5.41, 5.74) is 2.65. The van der Waals surface area contributed by atoms with Crippen LogP contribution in [0.5, 0.6) is 0 Å². The van der Waals surface area contributed by atoms with Crippen LogP contribution in [0.15, 0.2) is 49.1 Å². The minimum absolute atomic E-state index is 0.325. The number of allylic oxidation sites excluding steroid dienone is 1. The molecule has 132 valence electrons. The van der Waals surface area contributed by atoms with Crippen molar-refractivity contribution in [3.05, 3.63) is 71.8 Å². The predicted molar refractivity (Wildman–Crippen MR) is 101 cm³/mol. The molecular formula is C23H26F2. The lowest BCUT2D eigenvalue weighted by molar-refractivity contribution is 0.347. The van der Waals surface area contributed by atoms with Gasteiger partial charge in [-0.2, -0.15) is 0 Å². The van der Waals surface area contributed by atoms with Gasteiger partial charge in [0.15, 0.2) is 0 Å². The van der Waals surface area contributed by atoms with Gasteiger partial charge in [0.05, 0.1) is 0 Å². The molecule has 25 heavy (non-hydrogen) atoms. The number of rotatable bonds is 5. The molecule has 0 nitrogen and oxygen atoms in total. The fourth-order valence-electron chi connectivity index (χ4n) is 3.80. The first kappa shape index (κ1) is 17.8. The highest BCUT2D eigenvalue weighted by Gasteiger charge is 2.21. The van der Waals surface area contributed by atoms with E-state index in [1.807, 2.05) is 18.2 Å². The van der Waals surface area contributed by atoms with E-state index >= 15 is 0 Å². The van der Waals surface area contributed by atoms with E-state index in [4.69, 9.17) is 0 Å². The van der Waals surface area contributed by atoms with Crippen molar-refractivity contribution in [3.8, 4) is 11.1 Å². The largest absolute Gasteiger partial charge is 0.206 e. The number of hydrogen-bond acceptors (Lipinski definition) is 0. The SMILES string of the molecule is C=CCCc1ccc(-c2ccc(C3CCC(C)CC3)cc2F)c(F)c1. The zero-order chi connectivity index (χ0) is 17.8. The fourth-order valence-corrected chi connectivity index (χ4v) is 3.80. The number of hydrogen-bond donors (Lipinski definition) is 0. The Bertz CT molecular complexity index is 740. The monoisotopic (exact) mass is 340 g/mol. The van der Waals surface area contributed by atoms with E-state index in [9.17, 15) is 8.78 Å². The molecule has 0 heterocycles. The van der Waals surface area contributed by atoms with Gasteiger partial charge in [-0.3, -0.25) is 0 Å². The molecule has 0 spiro atoms. The van der Waals surface area contributed by atoms with Crippen molar-refractivity contribution in [3.63, 3.8) is 0 Å². The van der Waals surface area contributed by atoms with Gasteiger partial charge in [-0.05, 0) is 60.8 Å². The van der Waals surface area contributed by atoms with Gasteiger partial charge in [-0.25, -0.2) is 8.78 Å². The average molecular weight is 340 g/mol. The normalized spacial score (nSPS) is 20.4. The average Bonchev–Trinajstić information content (AvgIpc) is 2.61. The maximum absolute atomic E-state index is 14.7. The first-order chi connectivity index (χ1) is 12.1. The molecule has 2 heteroatoms. The van der Waals surface area contributed by atoms with Gasteiger partial charge in [0.1, 0.15) is 11.6 Å². The molecule has 1 fully saturated rings. The molecule has 1 saturated carbocycles. The van der Waals surface area contributed by atoms with Gasteiger partial charge < -0.3 is 0 Å². The molecule has 0 amide bonds. The molecule has 2 aromatic carbocycles. The Hall–Kier alpha value is -1.96. The molecule has 0 bridgehead atoms. The summed E-state index contributed by atoms with van der Waals surface area (Å²) in [6.45, 7) is 5.96. The van der Waals surface area contributed by atoms with Crippen molar-refractivity contribution in [1.29, 1.82) is 0 Å². The van der Waals surface area contributed by atoms with Gasteiger partial charge in [0.25, 0.3) is 0 Å². The van der Waals surface area contributed by atoms with E-state index in [-0.39, 0.29) is 11.6 Å². The highest BCUT2D eigenvalue weighted by atomic mass is 19.1. The van der Waals surface area contributed by atoms with Gasteiger partial charge in [-0.15, -0.1) is 6.58 Å². The van der Waals surface area contributed by atoms with Crippen LogP contribution in [-0.4, -0.2) is 0 Å². The van der Waals surface area contributed by atoms with E-state index in [1.54, 1.807) is 18.2 Å². The lowest BCUT2D eigenvalue weighted by Gasteiger charge is -2.26. The topological polar surface area (TPSA) is 0 Å².